The standard InChI is InChI=1S/C24H25N3O/c1-17-22(18(2)27(26-17)21-11-7-4-8-12-21)15-16-23(28)25-24(20-13-14-20)19-9-5-3-6-10-19/h3-12,15-16,20,24H,13-14H2,1-2H3,(H,25,28)/b16-15+/t24-/m0/s1. The van der Waals surface area contributed by atoms with Gasteiger partial charge in [-0.2, -0.15) is 5.10 Å². The van der Waals surface area contributed by atoms with Crippen LogP contribution >= 0.6 is 0 Å². The van der Waals surface area contributed by atoms with E-state index >= 15 is 0 Å². The summed E-state index contributed by atoms with van der Waals surface area (Å²) in [5.74, 6) is 0.482. The van der Waals surface area contributed by atoms with E-state index in [0.29, 0.717) is 5.92 Å². The van der Waals surface area contributed by atoms with Crippen LogP contribution in [0.3, 0.4) is 0 Å². The monoisotopic (exact) mass is 371 g/mol. The Morgan fingerprint density at radius 3 is 2.36 bits per heavy atom. The molecule has 0 bridgehead atoms. The zero-order valence-electron chi connectivity index (χ0n) is 16.3. The molecule has 1 aromatic heterocycles. The van der Waals surface area contributed by atoms with Crippen molar-refractivity contribution < 1.29 is 4.79 Å². The van der Waals surface area contributed by atoms with E-state index in [2.05, 4.69) is 22.5 Å². The third-order valence-electron chi connectivity index (χ3n) is 5.30. The molecule has 28 heavy (non-hydrogen) atoms. The van der Waals surface area contributed by atoms with Gasteiger partial charge in [-0.05, 0) is 56.4 Å². The highest BCUT2D eigenvalue weighted by Crippen LogP contribution is 2.40. The number of hydrogen-bond acceptors (Lipinski definition) is 2. The van der Waals surface area contributed by atoms with Gasteiger partial charge in [-0.1, -0.05) is 48.5 Å². The fourth-order valence-corrected chi connectivity index (χ4v) is 3.64. The summed E-state index contributed by atoms with van der Waals surface area (Å²) in [6.45, 7) is 4.00. The molecule has 142 valence electrons. The van der Waals surface area contributed by atoms with E-state index in [0.717, 1.165) is 22.6 Å². The molecule has 1 atom stereocenters. The number of hydrogen-bond donors (Lipinski definition) is 1. The molecule has 3 aromatic rings. The number of amides is 1. The second-order valence-electron chi connectivity index (χ2n) is 7.40. The third kappa shape index (κ3) is 3.91. The van der Waals surface area contributed by atoms with Gasteiger partial charge in [-0.15, -0.1) is 0 Å². The van der Waals surface area contributed by atoms with Crippen LogP contribution in [0.25, 0.3) is 11.8 Å². The van der Waals surface area contributed by atoms with E-state index in [1.807, 2.05) is 73.1 Å². The number of nitrogens with zero attached hydrogens (tertiary/aromatic N) is 2. The lowest BCUT2D eigenvalue weighted by atomic mass is 10.0. The predicted molar refractivity (Wildman–Crippen MR) is 112 cm³/mol. The van der Waals surface area contributed by atoms with E-state index < -0.39 is 0 Å². The van der Waals surface area contributed by atoms with Crippen LogP contribution in [0.2, 0.25) is 0 Å². The fourth-order valence-electron chi connectivity index (χ4n) is 3.64. The van der Waals surface area contributed by atoms with Gasteiger partial charge in [-0.25, -0.2) is 4.68 Å². The van der Waals surface area contributed by atoms with Gasteiger partial charge in [0.1, 0.15) is 0 Å². The normalized spacial score (nSPS) is 14.9. The summed E-state index contributed by atoms with van der Waals surface area (Å²) in [4.78, 5) is 12.6. The second-order valence-corrected chi connectivity index (χ2v) is 7.40. The van der Waals surface area contributed by atoms with Crippen molar-refractivity contribution in [2.75, 3.05) is 0 Å². The minimum absolute atomic E-state index is 0.0629. The third-order valence-corrected chi connectivity index (χ3v) is 5.30. The first-order valence-electron chi connectivity index (χ1n) is 9.78. The maximum atomic E-state index is 12.6. The Bertz CT molecular complexity index is 985. The molecule has 1 aliphatic carbocycles. The highest BCUT2D eigenvalue weighted by atomic mass is 16.1. The summed E-state index contributed by atoms with van der Waals surface area (Å²) >= 11 is 0. The van der Waals surface area contributed by atoms with Crippen molar-refractivity contribution in [2.24, 2.45) is 5.92 Å². The largest absolute Gasteiger partial charge is 0.345 e. The van der Waals surface area contributed by atoms with Gasteiger partial charge in [0.15, 0.2) is 0 Å². The molecule has 1 fully saturated rings. The van der Waals surface area contributed by atoms with E-state index in [-0.39, 0.29) is 11.9 Å². The Labute approximate surface area is 165 Å². The summed E-state index contributed by atoms with van der Waals surface area (Å²) < 4.78 is 1.92. The molecule has 4 heteroatoms. The van der Waals surface area contributed by atoms with Gasteiger partial charge in [-0.3, -0.25) is 4.79 Å². The number of aromatic nitrogens is 2. The SMILES string of the molecule is Cc1nn(-c2ccccc2)c(C)c1/C=C/C(=O)N[C@@H](c1ccccc1)C1CC1. The average molecular weight is 371 g/mol. The van der Waals surface area contributed by atoms with Gasteiger partial charge in [0.05, 0.1) is 17.4 Å². The molecule has 1 aliphatic rings. The van der Waals surface area contributed by atoms with Crippen molar-refractivity contribution >= 4 is 12.0 Å². The summed E-state index contributed by atoms with van der Waals surface area (Å²) in [6.07, 6.45) is 5.85. The van der Waals surface area contributed by atoms with Crippen LogP contribution < -0.4 is 5.32 Å². The smallest absolute Gasteiger partial charge is 0.244 e. The van der Waals surface area contributed by atoms with Gasteiger partial charge in [0, 0.05) is 17.3 Å². The molecule has 0 saturated heterocycles. The van der Waals surface area contributed by atoms with Crippen molar-refractivity contribution in [3.8, 4) is 5.69 Å². The first-order chi connectivity index (χ1) is 13.6. The quantitative estimate of drug-likeness (QED) is 0.635. The molecule has 2 aromatic carbocycles. The van der Waals surface area contributed by atoms with Crippen LogP contribution in [0.4, 0.5) is 0 Å². The van der Waals surface area contributed by atoms with Gasteiger partial charge in [0.25, 0.3) is 0 Å². The first-order valence-corrected chi connectivity index (χ1v) is 9.78. The number of carbonyl (C=O) groups is 1. The molecular formula is C24H25N3O. The number of carbonyl (C=O) groups excluding carboxylic acids is 1. The van der Waals surface area contributed by atoms with E-state index in [1.54, 1.807) is 6.08 Å². The number of aryl methyl sites for hydroxylation is 1. The minimum Gasteiger partial charge on any atom is -0.345 e. The number of para-hydroxylation sites is 1. The lowest BCUT2D eigenvalue weighted by Crippen LogP contribution is -2.28. The summed E-state index contributed by atoms with van der Waals surface area (Å²) in [5, 5.41) is 7.83. The molecule has 4 nitrogen and oxygen atoms in total. The molecule has 1 N–H and O–H groups in total. The minimum atomic E-state index is -0.0629. The van der Waals surface area contributed by atoms with Crippen molar-refractivity contribution in [1.82, 2.24) is 15.1 Å². The average Bonchev–Trinajstić information content (AvgIpc) is 3.52. The van der Waals surface area contributed by atoms with Gasteiger partial charge in [0.2, 0.25) is 5.91 Å². The van der Waals surface area contributed by atoms with Crippen molar-refractivity contribution in [3.63, 3.8) is 0 Å². The van der Waals surface area contributed by atoms with Gasteiger partial charge >= 0.3 is 0 Å². The van der Waals surface area contributed by atoms with Crippen LogP contribution in [-0.2, 0) is 4.79 Å². The molecule has 0 aliphatic heterocycles. The second kappa shape index (κ2) is 7.85. The number of benzene rings is 2. The molecule has 0 spiro atoms. The van der Waals surface area contributed by atoms with Crippen LogP contribution in [0, 0.1) is 19.8 Å². The highest BCUT2D eigenvalue weighted by Gasteiger charge is 2.32. The maximum Gasteiger partial charge on any atom is 0.244 e. The van der Waals surface area contributed by atoms with E-state index in [4.69, 9.17) is 0 Å². The lowest BCUT2D eigenvalue weighted by molar-refractivity contribution is -0.117. The summed E-state index contributed by atoms with van der Waals surface area (Å²) in [6, 6.07) is 20.4. The van der Waals surface area contributed by atoms with Crippen LogP contribution in [0.5, 0.6) is 0 Å². The van der Waals surface area contributed by atoms with Crippen LogP contribution in [-0.4, -0.2) is 15.7 Å². The van der Waals surface area contributed by atoms with Crippen LogP contribution in [0.1, 0.15) is 41.4 Å². The molecular weight excluding hydrogens is 346 g/mol. The Balaban J connectivity index is 1.51. The molecule has 1 saturated carbocycles. The Morgan fingerprint density at radius 2 is 1.71 bits per heavy atom. The molecule has 1 heterocycles. The molecule has 4 rings (SSSR count). The Kier molecular flexibility index (Phi) is 5.11. The van der Waals surface area contributed by atoms with Crippen molar-refractivity contribution in [2.45, 2.75) is 32.7 Å². The zero-order chi connectivity index (χ0) is 19.5. The molecule has 1 amide bonds. The van der Waals surface area contributed by atoms with Crippen LogP contribution in [0.15, 0.2) is 66.7 Å². The van der Waals surface area contributed by atoms with E-state index in [9.17, 15) is 4.79 Å². The lowest BCUT2D eigenvalue weighted by Gasteiger charge is -2.17. The maximum absolute atomic E-state index is 12.6. The Morgan fingerprint density at radius 1 is 1.07 bits per heavy atom. The summed E-state index contributed by atoms with van der Waals surface area (Å²) in [7, 11) is 0. The zero-order valence-corrected chi connectivity index (χ0v) is 16.3. The summed E-state index contributed by atoms with van der Waals surface area (Å²) in [5.41, 5.74) is 5.12. The van der Waals surface area contributed by atoms with E-state index in [1.165, 1.54) is 18.4 Å². The molecule has 0 radical (unpaired) electrons. The van der Waals surface area contributed by atoms with Crippen molar-refractivity contribution in [1.29, 1.82) is 0 Å². The topological polar surface area (TPSA) is 46.9 Å². The van der Waals surface area contributed by atoms with Gasteiger partial charge < -0.3 is 5.32 Å². The highest BCUT2D eigenvalue weighted by molar-refractivity contribution is 5.92. The first kappa shape index (κ1) is 18.2. The number of rotatable bonds is 6. The Hall–Kier alpha value is -3.14. The van der Waals surface area contributed by atoms with Crippen molar-refractivity contribution in [3.05, 3.63) is 89.3 Å². The fraction of sp³-hybridized carbons (Fsp3) is 0.250. The molecule has 0 unspecified atom stereocenters. The number of nitrogens with one attached hydrogen (secondary N) is 1. The predicted octanol–water partition coefficient (Wildman–Crippen LogP) is 4.77.